The SMILES string of the molecule is CCOC1C(C)CSC2CC(=O)N21. The van der Waals surface area contributed by atoms with Crippen LogP contribution in [-0.4, -0.2) is 34.8 Å². The molecule has 13 heavy (non-hydrogen) atoms. The number of ether oxygens (including phenoxy) is 1. The van der Waals surface area contributed by atoms with Crippen molar-refractivity contribution in [3.05, 3.63) is 0 Å². The molecule has 0 aliphatic carbocycles. The monoisotopic (exact) mass is 201 g/mol. The largest absolute Gasteiger partial charge is 0.358 e. The fourth-order valence-corrected chi connectivity index (χ4v) is 3.23. The van der Waals surface area contributed by atoms with Crippen molar-refractivity contribution in [1.82, 2.24) is 4.90 Å². The molecule has 2 rings (SSSR count). The van der Waals surface area contributed by atoms with E-state index in [1.165, 1.54) is 0 Å². The zero-order valence-electron chi connectivity index (χ0n) is 8.03. The molecule has 0 bridgehead atoms. The van der Waals surface area contributed by atoms with Crippen molar-refractivity contribution in [3.8, 4) is 0 Å². The number of fused-ring (bicyclic) bond motifs is 1. The number of nitrogens with zero attached hydrogens (tertiary/aromatic N) is 1. The highest BCUT2D eigenvalue weighted by atomic mass is 32.2. The van der Waals surface area contributed by atoms with E-state index in [4.69, 9.17) is 4.74 Å². The summed E-state index contributed by atoms with van der Waals surface area (Å²) in [5.74, 6) is 1.83. The van der Waals surface area contributed by atoms with Gasteiger partial charge in [0.1, 0.15) is 6.23 Å². The average molecular weight is 201 g/mol. The molecule has 2 aliphatic rings. The summed E-state index contributed by atoms with van der Waals surface area (Å²) in [5, 5.41) is 0.403. The van der Waals surface area contributed by atoms with E-state index in [1.807, 2.05) is 23.6 Å². The summed E-state index contributed by atoms with van der Waals surface area (Å²) in [5.41, 5.74) is 0. The number of hydrogen-bond donors (Lipinski definition) is 0. The minimum Gasteiger partial charge on any atom is -0.358 e. The van der Waals surface area contributed by atoms with Gasteiger partial charge < -0.3 is 9.64 Å². The van der Waals surface area contributed by atoms with Gasteiger partial charge in [-0.3, -0.25) is 4.79 Å². The Morgan fingerprint density at radius 3 is 3.08 bits per heavy atom. The summed E-state index contributed by atoms with van der Waals surface area (Å²) in [6.07, 6.45) is 0.749. The molecule has 2 aliphatic heterocycles. The zero-order chi connectivity index (χ0) is 9.42. The minimum atomic E-state index is 0.0394. The molecular formula is C9H15NO2S. The third kappa shape index (κ3) is 1.46. The highest BCUT2D eigenvalue weighted by molar-refractivity contribution is 8.00. The van der Waals surface area contributed by atoms with Gasteiger partial charge in [-0.2, -0.15) is 0 Å². The summed E-state index contributed by atoms with van der Waals surface area (Å²) in [7, 11) is 0. The van der Waals surface area contributed by atoms with E-state index >= 15 is 0 Å². The maximum atomic E-state index is 11.3. The standard InChI is InChI=1S/C9H15NO2S/c1-3-12-9-6(2)5-13-8-4-7(11)10(8)9/h6,8-9H,3-5H2,1-2H3. The number of thioether (sulfide) groups is 1. The fourth-order valence-electron chi connectivity index (χ4n) is 1.88. The predicted octanol–water partition coefficient (Wildman–Crippen LogP) is 1.29. The van der Waals surface area contributed by atoms with Crippen LogP contribution in [0, 0.1) is 5.92 Å². The van der Waals surface area contributed by atoms with Crippen LogP contribution in [0.25, 0.3) is 0 Å². The van der Waals surface area contributed by atoms with Crippen molar-refractivity contribution in [1.29, 1.82) is 0 Å². The van der Waals surface area contributed by atoms with Gasteiger partial charge >= 0.3 is 0 Å². The Bertz CT molecular complexity index is 222. The molecule has 3 atom stereocenters. The highest BCUT2D eigenvalue weighted by Gasteiger charge is 2.46. The number of hydrogen-bond acceptors (Lipinski definition) is 3. The molecular weight excluding hydrogens is 186 g/mol. The maximum absolute atomic E-state index is 11.3. The van der Waals surface area contributed by atoms with Crippen molar-refractivity contribution in [2.45, 2.75) is 31.9 Å². The first-order valence-electron chi connectivity index (χ1n) is 4.78. The van der Waals surface area contributed by atoms with Crippen LogP contribution in [0.15, 0.2) is 0 Å². The van der Waals surface area contributed by atoms with E-state index < -0.39 is 0 Å². The Morgan fingerprint density at radius 2 is 2.46 bits per heavy atom. The van der Waals surface area contributed by atoms with Crippen molar-refractivity contribution in [2.75, 3.05) is 12.4 Å². The van der Waals surface area contributed by atoms with Crippen molar-refractivity contribution in [2.24, 2.45) is 5.92 Å². The molecule has 0 aromatic carbocycles. The Kier molecular flexibility index (Phi) is 2.51. The minimum absolute atomic E-state index is 0.0394. The second-order valence-corrected chi connectivity index (χ2v) is 4.83. The van der Waals surface area contributed by atoms with Crippen LogP contribution < -0.4 is 0 Å². The van der Waals surface area contributed by atoms with Gasteiger partial charge in [0.2, 0.25) is 5.91 Å². The normalized spacial score (nSPS) is 38.5. The van der Waals surface area contributed by atoms with Gasteiger partial charge in [-0.15, -0.1) is 11.8 Å². The van der Waals surface area contributed by atoms with E-state index in [1.54, 1.807) is 0 Å². The fraction of sp³-hybridized carbons (Fsp3) is 0.889. The summed E-state index contributed by atoms with van der Waals surface area (Å²) >= 11 is 1.88. The van der Waals surface area contributed by atoms with Crippen LogP contribution in [0.2, 0.25) is 0 Å². The lowest BCUT2D eigenvalue weighted by molar-refractivity contribution is -0.169. The molecule has 0 saturated carbocycles. The van der Waals surface area contributed by atoms with Gasteiger partial charge in [0, 0.05) is 18.3 Å². The Balaban J connectivity index is 2.05. The molecule has 1 amide bonds. The zero-order valence-corrected chi connectivity index (χ0v) is 8.84. The van der Waals surface area contributed by atoms with Gasteiger partial charge in [0.25, 0.3) is 0 Å². The van der Waals surface area contributed by atoms with Crippen LogP contribution in [-0.2, 0) is 9.53 Å². The quantitative estimate of drug-likeness (QED) is 0.630. The third-order valence-corrected chi connectivity index (χ3v) is 4.09. The lowest BCUT2D eigenvalue weighted by Crippen LogP contribution is -2.61. The number of carbonyl (C=O) groups excluding carboxylic acids is 1. The van der Waals surface area contributed by atoms with Crippen molar-refractivity contribution in [3.63, 3.8) is 0 Å². The summed E-state index contributed by atoms with van der Waals surface area (Å²) in [6.45, 7) is 4.82. The Morgan fingerprint density at radius 1 is 1.69 bits per heavy atom. The maximum Gasteiger partial charge on any atom is 0.228 e. The second-order valence-electron chi connectivity index (χ2n) is 3.62. The van der Waals surface area contributed by atoms with Gasteiger partial charge in [-0.05, 0) is 6.92 Å². The molecule has 2 fully saturated rings. The Labute approximate surface area is 82.8 Å². The molecule has 3 nitrogen and oxygen atoms in total. The van der Waals surface area contributed by atoms with Gasteiger partial charge in [-0.25, -0.2) is 0 Å². The Hall–Kier alpha value is -0.220. The number of amides is 1. The molecule has 0 aromatic heterocycles. The highest BCUT2D eigenvalue weighted by Crippen LogP contribution is 2.40. The molecule has 0 aromatic rings. The van der Waals surface area contributed by atoms with Crippen LogP contribution in [0.3, 0.4) is 0 Å². The second kappa shape index (κ2) is 3.50. The smallest absolute Gasteiger partial charge is 0.228 e. The van der Waals surface area contributed by atoms with E-state index in [-0.39, 0.29) is 12.1 Å². The molecule has 74 valence electrons. The first-order chi connectivity index (χ1) is 6.24. The summed E-state index contributed by atoms with van der Waals surface area (Å²) < 4.78 is 5.59. The molecule has 0 spiro atoms. The number of carbonyl (C=O) groups is 1. The van der Waals surface area contributed by atoms with E-state index in [0.29, 0.717) is 24.3 Å². The molecule has 0 N–H and O–H groups in total. The first-order valence-corrected chi connectivity index (χ1v) is 5.83. The van der Waals surface area contributed by atoms with Crippen molar-refractivity contribution < 1.29 is 9.53 Å². The molecule has 3 unspecified atom stereocenters. The van der Waals surface area contributed by atoms with Crippen molar-refractivity contribution >= 4 is 17.7 Å². The molecule has 0 radical (unpaired) electrons. The number of β-lactam (4-membered cyclic amide) rings is 1. The van der Waals surface area contributed by atoms with E-state index in [2.05, 4.69) is 6.92 Å². The predicted molar refractivity (Wildman–Crippen MR) is 52.3 cm³/mol. The summed E-state index contributed by atoms with van der Waals surface area (Å²) in [6, 6.07) is 0. The van der Waals surface area contributed by atoms with Crippen LogP contribution >= 0.6 is 11.8 Å². The molecule has 2 heterocycles. The summed E-state index contributed by atoms with van der Waals surface area (Å²) in [4.78, 5) is 13.2. The number of rotatable bonds is 2. The first kappa shape index (κ1) is 9.34. The van der Waals surface area contributed by atoms with E-state index in [0.717, 1.165) is 5.75 Å². The van der Waals surface area contributed by atoms with Crippen LogP contribution in [0.4, 0.5) is 0 Å². The third-order valence-electron chi connectivity index (χ3n) is 2.60. The topological polar surface area (TPSA) is 29.5 Å². The van der Waals surface area contributed by atoms with Gasteiger partial charge in [-0.1, -0.05) is 6.92 Å². The average Bonchev–Trinajstić information content (AvgIpc) is 2.09. The van der Waals surface area contributed by atoms with E-state index in [9.17, 15) is 4.79 Å². The van der Waals surface area contributed by atoms with Crippen LogP contribution in [0.5, 0.6) is 0 Å². The molecule has 4 heteroatoms. The lowest BCUT2D eigenvalue weighted by atomic mass is 10.1. The van der Waals surface area contributed by atoms with Gasteiger partial charge in [0.15, 0.2) is 0 Å². The van der Waals surface area contributed by atoms with Gasteiger partial charge in [0.05, 0.1) is 11.8 Å². The van der Waals surface area contributed by atoms with Crippen LogP contribution in [0.1, 0.15) is 20.3 Å². The molecule has 2 saturated heterocycles. The lowest BCUT2D eigenvalue weighted by Gasteiger charge is -2.50.